The van der Waals surface area contributed by atoms with Gasteiger partial charge in [0.2, 0.25) is 0 Å². The van der Waals surface area contributed by atoms with Crippen LogP contribution in [0.5, 0.6) is 0 Å². The number of nitrogens with one attached hydrogen (secondary N) is 2. The van der Waals surface area contributed by atoms with Crippen LogP contribution in [0.15, 0.2) is 42.6 Å². The van der Waals surface area contributed by atoms with Gasteiger partial charge >= 0.3 is 0 Å². The minimum atomic E-state index is -0.198. The molecule has 0 bridgehead atoms. The highest BCUT2D eigenvalue weighted by molar-refractivity contribution is 7.21. The summed E-state index contributed by atoms with van der Waals surface area (Å²) in [4.78, 5) is 13.1. The minimum Gasteiger partial charge on any atom is -0.321 e. The molecule has 0 spiro atoms. The zero-order valence-electron chi connectivity index (χ0n) is 12.2. The van der Waals surface area contributed by atoms with Crippen LogP contribution >= 0.6 is 22.9 Å². The first-order chi connectivity index (χ1) is 11.1. The maximum Gasteiger partial charge on any atom is 0.267 e. The number of amides is 1. The van der Waals surface area contributed by atoms with Crippen LogP contribution in [0.2, 0.25) is 5.02 Å². The van der Waals surface area contributed by atoms with Crippen LogP contribution in [-0.2, 0) is 0 Å². The third-order valence-electron chi connectivity index (χ3n) is 3.69. The number of nitrogens with zero attached hydrogens (tertiary/aromatic N) is 1. The van der Waals surface area contributed by atoms with Gasteiger partial charge in [-0.05, 0) is 36.8 Å². The van der Waals surface area contributed by atoms with Crippen molar-refractivity contribution < 1.29 is 4.79 Å². The van der Waals surface area contributed by atoms with Gasteiger partial charge in [-0.25, -0.2) is 0 Å². The summed E-state index contributed by atoms with van der Waals surface area (Å²) in [5.41, 5.74) is 2.79. The molecule has 0 unspecified atom stereocenters. The summed E-state index contributed by atoms with van der Waals surface area (Å²) in [7, 11) is 0. The highest BCUT2D eigenvalue weighted by Crippen LogP contribution is 2.36. The van der Waals surface area contributed by atoms with Crippen molar-refractivity contribution >= 4 is 55.5 Å². The Kier molecular flexibility index (Phi) is 3.32. The summed E-state index contributed by atoms with van der Waals surface area (Å²) in [6, 6.07) is 11.6. The van der Waals surface area contributed by atoms with E-state index in [-0.39, 0.29) is 5.91 Å². The number of fused-ring (bicyclic) bond motifs is 2. The van der Waals surface area contributed by atoms with Gasteiger partial charge in [0.1, 0.15) is 4.88 Å². The Bertz CT molecular complexity index is 1050. The molecule has 0 aliphatic carbocycles. The normalized spacial score (nSPS) is 11.2. The fraction of sp³-hybridized carbons (Fsp3) is 0.0588. The van der Waals surface area contributed by atoms with E-state index in [0.717, 1.165) is 26.6 Å². The lowest BCUT2D eigenvalue weighted by Gasteiger charge is -2.04. The summed E-state index contributed by atoms with van der Waals surface area (Å²) in [5, 5.41) is 12.1. The van der Waals surface area contributed by atoms with Gasteiger partial charge < -0.3 is 5.32 Å². The van der Waals surface area contributed by atoms with Crippen molar-refractivity contribution in [3.05, 3.63) is 58.1 Å². The van der Waals surface area contributed by atoms with Crippen LogP contribution in [0.4, 0.5) is 5.69 Å². The first-order valence-electron chi connectivity index (χ1n) is 7.05. The minimum absolute atomic E-state index is 0.198. The van der Waals surface area contributed by atoms with Crippen molar-refractivity contribution in [3.8, 4) is 0 Å². The summed E-state index contributed by atoms with van der Waals surface area (Å²) in [6.45, 7) is 2.02. The molecule has 0 aliphatic rings. The number of aryl methyl sites for hydroxylation is 1. The molecule has 0 radical (unpaired) electrons. The number of hydrogen-bond donors (Lipinski definition) is 2. The SMILES string of the molecule is Cc1ccc2c(Cl)c(C(=O)Nc3ccc4[nH]ncc4c3)sc2c1. The molecule has 6 heteroatoms. The van der Waals surface area contributed by atoms with E-state index in [1.165, 1.54) is 11.3 Å². The van der Waals surface area contributed by atoms with E-state index in [1.54, 1.807) is 6.20 Å². The maximum atomic E-state index is 12.6. The number of halogens is 1. The molecule has 4 rings (SSSR count). The number of anilines is 1. The van der Waals surface area contributed by atoms with Gasteiger partial charge in [0.05, 0.1) is 16.7 Å². The van der Waals surface area contributed by atoms with Crippen LogP contribution in [0.3, 0.4) is 0 Å². The number of H-pyrrole nitrogens is 1. The second-order valence-electron chi connectivity index (χ2n) is 5.37. The molecule has 2 N–H and O–H groups in total. The lowest BCUT2D eigenvalue weighted by molar-refractivity contribution is 0.103. The van der Waals surface area contributed by atoms with Crippen molar-refractivity contribution in [2.45, 2.75) is 6.92 Å². The largest absolute Gasteiger partial charge is 0.321 e. The number of rotatable bonds is 2. The fourth-order valence-electron chi connectivity index (χ4n) is 2.53. The Labute approximate surface area is 141 Å². The lowest BCUT2D eigenvalue weighted by atomic mass is 10.2. The quantitative estimate of drug-likeness (QED) is 0.539. The number of aromatic amines is 1. The second kappa shape index (κ2) is 5.37. The summed E-state index contributed by atoms with van der Waals surface area (Å²) >= 11 is 7.79. The Hall–Kier alpha value is -2.37. The molecule has 2 aromatic heterocycles. The zero-order chi connectivity index (χ0) is 16.0. The summed E-state index contributed by atoms with van der Waals surface area (Å²) < 4.78 is 1.02. The monoisotopic (exact) mass is 341 g/mol. The van der Waals surface area contributed by atoms with Crippen LogP contribution in [0.1, 0.15) is 15.2 Å². The molecule has 0 atom stereocenters. The van der Waals surface area contributed by atoms with E-state index in [0.29, 0.717) is 15.6 Å². The molecular formula is C17H12ClN3OS. The first kappa shape index (κ1) is 14.2. The number of hydrogen-bond acceptors (Lipinski definition) is 3. The van der Waals surface area contributed by atoms with Gasteiger partial charge in [-0.3, -0.25) is 9.89 Å². The van der Waals surface area contributed by atoms with Crippen molar-refractivity contribution in [1.29, 1.82) is 0 Å². The molecule has 1 amide bonds. The van der Waals surface area contributed by atoms with Crippen LogP contribution in [-0.4, -0.2) is 16.1 Å². The smallest absolute Gasteiger partial charge is 0.267 e. The van der Waals surface area contributed by atoms with Gasteiger partial charge in [-0.1, -0.05) is 23.7 Å². The molecule has 0 saturated heterocycles. The fourth-order valence-corrected chi connectivity index (χ4v) is 4.04. The Morgan fingerprint density at radius 3 is 3.00 bits per heavy atom. The van der Waals surface area contributed by atoms with Crippen LogP contribution in [0, 0.1) is 6.92 Å². The van der Waals surface area contributed by atoms with Crippen LogP contribution < -0.4 is 5.32 Å². The zero-order valence-corrected chi connectivity index (χ0v) is 13.8. The molecule has 2 heterocycles. The molecule has 2 aromatic carbocycles. The molecule has 4 nitrogen and oxygen atoms in total. The van der Waals surface area contributed by atoms with E-state index in [1.807, 2.05) is 43.3 Å². The highest BCUT2D eigenvalue weighted by atomic mass is 35.5. The second-order valence-corrected chi connectivity index (χ2v) is 6.80. The van der Waals surface area contributed by atoms with E-state index in [4.69, 9.17) is 11.6 Å². The Morgan fingerprint density at radius 2 is 2.13 bits per heavy atom. The number of carbonyl (C=O) groups excluding carboxylic acids is 1. The number of benzene rings is 2. The summed E-state index contributed by atoms with van der Waals surface area (Å²) in [5.74, 6) is -0.198. The van der Waals surface area contributed by atoms with Crippen molar-refractivity contribution in [3.63, 3.8) is 0 Å². The van der Waals surface area contributed by atoms with Crippen molar-refractivity contribution in [2.75, 3.05) is 5.32 Å². The summed E-state index contributed by atoms with van der Waals surface area (Å²) in [6.07, 6.45) is 1.72. The Balaban J connectivity index is 1.69. The average Bonchev–Trinajstić information content (AvgIpc) is 3.11. The molecule has 0 fully saturated rings. The molecule has 114 valence electrons. The van der Waals surface area contributed by atoms with Gasteiger partial charge in [0, 0.05) is 21.2 Å². The third kappa shape index (κ3) is 2.48. The predicted octanol–water partition coefficient (Wildman–Crippen LogP) is 4.99. The standard InChI is InChI=1S/C17H12ClN3OS/c1-9-2-4-12-14(6-9)23-16(15(12)18)17(22)20-11-3-5-13-10(7-11)8-19-21-13/h2-8H,1H3,(H,19,21)(H,20,22). The first-order valence-corrected chi connectivity index (χ1v) is 8.24. The highest BCUT2D eigenvalue weighted by Gasteiger charge is 2.17. The lowest BCUT2D eigenvalue weighted by Crippen LogP contribution is -2.10. The van der Waals surface area contributed by atoms with Gasteiger partial charge in [-0.2, -0.15) is 5.10 Å². The third-order valence-corrected chi connectivity index (χ3v) is 5.35. The predicted molar refractivity (Wildman–Crippen MR) is 95.6 cm³/mol. The van der Waals surface area contributed by atoms with Gasteiger partial charge in [0.25, 0.3) is 5.91 Å². The molecule has 0 saturated carbocycles. The van der Waals surface area contributed by atoms with Gasteiger partial charge in [0.15, 0.2) is 0 Å². The molecule has 4 aromatic rings. The van der Waals surface area contributed by atoms with E-state index >= 15 is 0 Å². The van der Waals surface area contributed by atoms with E-state index in [2.05, 4.69) is 15.5 Å². The molecule has 0 aliphatic heterocycles. The topological polar surface area (TPSA) is 57.8 Å². The Morgan fingerprint density at radius 1 is 1.26 bits per heavy atom. The van der Waals surface area contributed by atoms with E-state index < -0.39 is 0 Å². The number of aromatic nitrogens is 2. The molecular weight excluding hydrogens is 330 g/mol. The van der Waals surface area contributed by atoms with Crippen molar-refractivity contribution in [2.24, 2.45) is 0 Å². The van der Waals surface area contributed by atoms with E-state index in [9.17, 15) is 4.79 Å². The number of carbonyl (C=O) groups is 1. The van der Waals surface area contributed by atoms with Crippen molar-refractivity contribution in [1.82, 2.24) is 10.2 Å². The molecule has 23 heavy (non-hydrogen) atoms. The van der Waals surface area contributed by atoms with Crippen LogP contribution in [0.25, 0.3) is 21.0 Å². The number of thiophene rings is 1. The average molecular weight is 342 g/mol. The maximum absolute atomic E-state index is 12.6. The van der Waals surface area contributed by atoms with Gasteiger partial charge in [-0.15, -0.1) is 11.3 Å².